The quantitative estimate of drug-likeness (QED) is 0.400. The number of thiophene rings is 1. The fraction of sp³-hybridized carbons (Fsp3) is 0.222. The van der Waals surface area contributed by atoms with Crippen LogP contribution in [0.1, 0.15) is 41.0 Å². The summed E-state index contributed by atoms with van der Waals surface area (Å²) in [5.41, 5.74) is 2.13. The molecule has 4 aromatic rings. The zero-order valence-electron chi connectivity index (χ0n) is 19.0. The van der Waals surface area contributed by atoms with Gasteiger partial charge in [0, 0.05) is 17.1 Å². The highest BCUT2D eigenvalue weighted by Gasteiger charge is 2.19. The van der Waals surface area contributed by atoms with Crippen LogP contribution in [0.4, 0.5) is 0 Å². The molecule has 1 amide bonds. The molecule has 0 aliphatic carbocycles. The Kier molecular flexibility index (Phi) is 7.54. The zero-order chi connectivity index (χ0) is 23.9. The minimum Gasteiger partial charge on any atom is -0.343 e. The van der Waals surface area contributed by atoms with Gasteiger partial charge in [-0.15, -0.1) is 11.3 Å². The van der Waals surface area contributed by atoms with Crippen molar-refractivity contribution in [3.8, 4) is 0 Å². The van der Waals surface area contributed by atoms with Crippen LogP contribution >= 0.6 is 11.3 Å². The molecule has 0 fully saturated rings. The van der Waals surface area contributed by atoms with E-state index in [2.05, 4.69) is 24.4 Å². The molecule has 1 N–H and O–H groups in total. The summed E-state index contributed by atoms with van der Waals surface area (Å²) in [4.78, 5) is 39.4. The van der Waals surface area contributed by atoms with Crippen molar-refractivity contribution in [2.24, 2.45) is 0 Å². The van der Waals surface area contributed by atoms with Gasteiger partial charge in [-0.2, -0.15) is 0 Å². The molecule has 0 saturated carbocycles. The molecule has 0 aliphatic rings. The molecule has 1 unspecified atom stereocenters. The second-order valence-corrected chi connectivity index (χ2v) is 9.12. The van der Waals surface area contributed by atoms with Gasteiger partial charge in [0.25, 0.3) is 5.56 Å². The summed E-state index contributed by atoms with van der Waals surface area (Å²) in [6.45, 7) is 2.12. The van der Waals surface area contributed by atoms with Gasteiger partial charge in [0.15, 0.2) is 0 Å². The van der Waals surface area contributed by atoms with E-state index in [0.29, 0.717) is 6.54 Å². The summed E-state index contributed by atoms with van der Waals surface area (Å²) >= 11 is 1.55. The molecular formula is C27H27N3O3S. The maximum Gasteiger partial charge on any atom is 0.331 e. The third-order valence-corrected chi connectivity index (χ3v) is 6.56. The third-order valence-electron chi connectivity index (χ3n) is 5.62. The molecule has 0 aliphatic heterocycles. The molecule has 2 aromatic carbocycles. The van der Waals surface area contributed by atoms with Gasteiger partial charge in [0.05, 0.1) is 12.6 Å². The fourth-order valence-corrected chi connectivity index (χ4v) is 4.70. The summed E-state index contributed by atoms with van der Waals surface area (Å²) in [5, 5.41) is 4.99. The number of nitrogens with one attached hydrogen (secondary N) is 1. The number of rotatable bonds is 9. The van der Waals surface area contributed by atoms with E-state index >= 15 is 0 Å². The van der Waals surface area contributed by atoms with Crippen LogP contribution in [0, 0.1) is 0 Å². The maximum atomic E-state index is 13.0. The first-order valence-electron chi connectivity index (χ1n) is 11.3. The number of benzene rings is 2. The Morgan fingerprint density at radius 3 is 2.38 bits per heavy atom. The fourth-order valence-electron chi connectivity index (χ4n) is 3.89. The van der Waals surface area contributed by atoms with Crippen LogP contribution in [0.25, 0.3) is 0 Å². The normalized spacial score (nSPS) is 11.8. The van der Waals surface area contributed by atoms with E-state index in [1.54, 1.807) is 11.3 Å². The first-order chi connectivity index (χ1) is 16.5. The Balaban J connectivity index is 1.55. The van der Waals surface area contributed by atoms with Crippen molar-refractivity contribution < 1.29 is 4.79 Å². The molecule has 4 rings (SSSR count). The van der Waals surface area contributed by atoms with Crippen LogP contribution in [0.2, 0.25) is 0 Å². The number of nitrogens with zero attached hydrogens (tertiary/aromatic N) is 2. The minimum absolute atomic E-state index is 0.323. The minimum atomic E-state index is -0.511. The van der Waals surface area contributed by atoms with Gasteiger partial charge in [-0.05, 0) is 34.6 Å². The Labute approximate surface area is 202 Å². The highest BCUT2D eigenvalue weighted by Crippen LogP contribution is 2.26. The number of aryl methyl sites for hydroxylation is 1. The highest BCUT2D eigenvalue weighted by molar-refractivity contribution is 7.10. The first kappa shape index (κ1) is 23.4. The van der Waals surface area contributed by atoms with Gasteiger partial charge in [0.1, 0.15) is 6.54 Å². The van der Waals surface area contributed by atoms with Gasteiger partial charge < -0.3 is 5.32 Å². The number of hydrogen-bond acceptors (Lipinski definition) is 4. The third kappa shape index (κ3) is 5.61. The van der Waals surface area contributed by atoms with E-state index in [0.717, 1.165) is 33.4 Å². The van der Waals surface area contributed by atoms with Crippen LogP contribution in [-0.4, -0.2) is 15.0 Å². The number of aromatic nitrogens is 2. The molecule has 0 radical (unpaired) electrons. The van der Waals surface area contributed by atoms with E-state index in [1.807, 2.05) is 60.0 Å². The average molecular weight is 474 g/mol. The monoisotopic (exact) mass is 473 g/mol. The van der Waals surface area contributed by atoms with Crippen LogP contribution in [0.3, 0.4) is 0 Å². The molecule has 2 aromatic heterocycles. The van der Waals surface area contributed by atoms with Crippen LogP contribution in [-0.2, 0) is 24.3 Å². The second-order valence-electron chi connectivity index (χ2n) is 8.14. The molecule has 0 saturated heterocycles. The van der Waals surface area contributed by atoms with E-state index < -0.39 is 17.2 Å². The van der Waals surface area contributed by atoms with Gasteiger partial charge >= 0.3 is 5.69 Å². The van der Waals surface area contributed by atoms with Crippen molar-refractivity contribution >= 4 is 17.2 Å². The molecular weight excluding hydrogens is 446 g/mol. The highest BCUT2D eigenvalue weighted by atomic mass is 32.1. The van der Waals surface area contributed by atoms with Gasteiger partial charge in [-0.25, -0.2) is 4.79 Å². The molecule has 2 heterocycles. The average Bonchev–Trinajstić information content (AvgIpc) is 3.38. The lowest BCUT2D eigenvalue weighted by Crippen LogP contribution is -2.43. The topological polar surface area (TPSA) is 73.1 Å². The lowest BCUT2D eigenvalue weighted by molar-refractivity contribution is -0.122. The number of carbonyl (C=O) groups excluding carboxylic acids is 1. The predicted molar refractivity (Wildman–Crippen MR) is 135 cm³/mol. The zero-order valence-corrected chi connectivity index (χ0v) is 19.8. The molecule has 34 heavy (non-hydrogen) atoms. The van der Waals surface area contributed by atoms with E-state index in [4.69, 9.17) is 0 Å². The smallest absolute Gasteiger partial charge is 0.331 e. The SMILES string of the molecule is CCCc1ccc(C(NC(=O)Cn2c(=O)ccn(Cc3ccccc3)c2=O)c2cccs2)cc1. The van der Waals surface area contributed by atoms with Gasteiger partial charge in [-0.3, -0.25) is 18.7 Å². The van der Waals surface area contributed by atoms with E-state index in [-0.39, 0.29) is 12.6 Å². The lowest BCUT2D eigenvalue weighted by Gasteiger charge is -2.19. The van der Waals surface area contributed by atoms with Crippen molar-refractivity contribution in [2.75, 3.05) is 0 Å². The predicted octanol–water partition coefficient (Wildman–Crippen LogP) is 3.98. The standard InChI is InChI=1S/C27H27N3O3S/c1-2-7-20-11-13-22(14-12-20)26(23-10-6-17-34-23)28-24(31)19-30-25(32)15-16-29(27(30)33)18-21-8-4-3-5-9-21/h3-6,8-17,26H,2,7,18-19H2,1H3,(H,28,31). The van der Waals surface area contributed by atoms with Gasteiger partial charge in [0.2, 0.25) is 5.91 Å². The Bertz CT molecular complexity index is 1340. The number of amides is 1. The first-order valence-corrected chi connectivity index (χ1v) is 12.2. The Hall–Kier alpha value is -3.71. The summed E-state index contributed by atoms with van der Waals surface area (Å²) in [6.07, 6.45) is 3.54. The lowest BCUT2D eigenvalue weighted by atomic mass is 10.0. The van der Waals surface area contributed by atoms with E-state index in [1.165, 1.54) is 22.4 Å². The van der Waals surface area contributed by atoms with Gasteiger partial charge in [-0.1, -0.05) is 74.0 Å². The Morgan fingerprint density at radius 1 is 0.941 bits per heavy atom. The summed E-state index contributed by atoms with van der Waals surface area (Å²) in [6, 6.07) is 22.6. The molecule has 7 heteroatoms. The molecule has 0 spiro atoms. The van der Waals surface area contributed by atoms with Crippen molar-refractivity contribution in [3.05, 3.63) is 127 Å². The second kappa shape index (κ2) is 10.9. The van der Waals surface area contributed by atoms with Crippen molar-refractivity contribution in [1.29, 1.82) is 0 Å². The van der Waals surface area contributed by atoms with Crippen LogP contribution in [0.15, 0.2) is 94.0 Å². The molecule has 1 atom stereocenters. The summed E-state index contributed by atoms with van der Waals surface area (Å²) in [7, 11) is 0. The number of hydrogen-bond donors (Lipinski definition) is 1. The molecule has 174 valence electrons. The van der Waals surface area contributed by atoms with Crippen molar-refractivity contribution in [2.45, 2.75) is 38.9 Å². The van der Waals surface area contributed by atoms with Crippen LogP contribution < -0.4 is 16.6 Å². The summed E-state index contributed by atoms with van der Waals surface area (Å²) in [5.74, 6) is -0.396. The largest absolute Gasteiger partial charge is 0.343 e. The molecule has 6 nitrogen and oxygen atoms in total. The Morgan fingerprint density at radius 2 is 1.71 bits per heavy atom. The van der Waals surface area contributed by atoms with Crippen molar-refractivity contribution in [1.82, 2.24) is 14.5 Å². The molecule has 0 bridgehead atoms. The van der Waals surface area contributed by atoms with Crippen LogP contribution in [0.5, 0.6) is 0 Å². The van der Waals surface area contributed by atoms with Crippen molar-refractivity contribution in [3.63, 3.8) is 0 Å². The number of carbonyl (C=O) groups is 1. The van der Waals surface area contributed by atoms with E-state index in [9.17, 15) is 14.4 Å². The summed E-state index contributed by atoms with van der Waals surface area (Å²) < 4.78 is 2.42. The maximum absolute atomic E-state index is 13.0.